The van der Waals surface area contributed by atoms with Crippen LogP contribution in [0.3, 0.4) is 0 Å². The van der Waals surface area contributed by atoms with Crippen LogP contribution >= 0.6 is 24.0 Å². The van der Waals surface area contributed by atoms with Crippen molar-refractivity contribution >= 4 is 40.0 Å². The number of aliphatic imine (C=N–C) groups is 1. The molecule has 1 aromatic carbocycles. The van der Waals surface area contributed by atoms with E-state index < -0.39 is 10.0 Å². The van der Waals surface area contributed by atoms with Gasteiger partial charge < -0.3 is 19.7 Å². The molecule has 0 aliphatic carbocycles. The van der Waals surface area contributed by atoms with Gasteiger partial charge in [0.1, 0.15) is 0 Å². The smallest absolute Gasteiger partial charge is 0.238 e. The van der Waals surface area contributed by atoms with Crippen LogP contribution in [0.1, 0.15) is 31.7 Å². The van der Waals surface area contributed by atoms with E-state index in [-0.39, 0.29) is 28.9 Å². The third kappa shape index (κ3) is 9.46. The molecule has 0 spiro atoms. The lowest BCUT2D eigenvalue weighted by atomic mass is 10.1. The maximum atomic E-state index is 11.3. The number of likely N-dealkylation sites (tertiary alicyclic amines) is 1. The zero-order valence-electron chi connectivity index (χ0n) is 17.9. The van der Waals surface area contributed by atoms with Crippen LogP contribution in [0.2, 0.25) is 0 Å². The molecule has 0 bridgehead atoms. The number of hydrogen-bond donors (Lipinski definition) is 2. The van der Waals surface area contributed by atoms with E-state index in [2.05, 4.69) is 17.1 Å². The van der Waals surface area contributed by atoms with Crippen LogP contribution in [0, 0.1) is 0 Å². The molecule has 0 aromatic heterocycles. The van der Waals surface area contributed by atoms with Gasteiger partial charge >= 0.3 is 0 Å². The van der Waals surface area contributed by atoms with E-state index in [4.69, 9.17) is 19.6 Å². The molecule has 172 valence electrons. The number of methoxy groups -OCH3 is 1. The Morgan fingerprint density at radius 2 is 1.90 bits per heavy atom. The van der Waals surface area contributed by atoms with E-state index in [0.29, 0.717) is 12.6 Å². The number of halogens is 1. The van der Waals surface area contributed by atoms with Gasteiger partial charge in [-0.25, -0.2) is 13.6 Å². The van der Waals surface area contributed by atoms with Gasteiger partial charge in [-0.2, -0.15) is 0 Å². The molecule has 1 saturated heterocycles. The van der Waals surface area contributed by atoms with Gasteiger partial charge in [0.05, 0.1) is 11.0 Å². The first-order valence-electron chi connectivity index (χ1n) is 10.2. The summed E-state index contributed by atoms with van der Waals surface area (Å²) in [5.74, 6) is 0.923. The van der Waals surface area contributed by atoms with E-state index in [9.17, 15) is 8.42 Å². The topological polar surface area (TPSA) is 106 Å². The largest absolute Gasteiger partial charge is 0.385 e. The van der Waals surface area contributed by atoms with Crippen LogP contribution in [-0.2, 0) is 25.9 Å². The first-order valence-corrected chi connectivity index (χ1v) is 11.7. The van der Waals surface area contributed by atoms with Gasteiger partial charge in [-0.05, 0) is 50.3 Å². The first-order chi connectivity index (χ1) is 13.9. The summed E-state index contributed by atoms with van der Waals surface area (Å²) in [6, 6.07) is 6.65. The number of piperidine rings is 1. The SMILES string of the molecule is CCNC(=NCCc1ccc(S(N)(=O)=O)cc1)N1CCC(OCCCOC)CC1.I. The van der Waals surface area contributed by atoms with E-state index in [1.165, 1.54) is 12.1 Å². The maximum Gasteiger partial charge on any atom is 0.238 e. The molecule has 1 aliphatic rings. The molecule has 8 nitrogen and oxygen atoms in total. The van der Waals surface area contributed by atoms with E-state index in [1.54, 1.807) is 19.2 Å². The Hall–Kier alpha value is -0.950. The van der Waals surface area contributed by atoms with Crippen molar-refractivity contribution in [1.29, 1.82) is 0 Å². The normalized spacial score (nSPS) is 15.7. The van der Waals surface area contributed by atoms with Crippen molar-refractivity contribution in [3.05, 3.63) is 29.8 Å². The van der Waals surface area contributed by atoms with Gasteiger partial charge in [-0.1, -0.05) is 12.1 Å². The summed E-state index contributed by atoms with van der Waals surface area (Å²) in [7, 11) is -1.94. The van der Waals surface area contributed by atoms with E-state index in [0.717, 1.165) is 70.1 Å². The maximum absolute atomic E-state index is 11.3. The van der Waals surface area contributed by atoms with Gasteiger partial charge in [0, 0.05) is 46.5 Å². The number of ether oxygens (including phenoxy) is 2. The standard InChI is InChI=1S/C20H34N4O4S.HI/c1-3-22-20(24-13-10-18(11-14-24)28-16-4-15-27-2)23-12-9-17-5-7-19(8-6-17)29(21,25)26;/h5-8,18H,3-4,9-16H2,1-2H3,(H,22,23)(H2,21,25,26);1H. The highest BCUT2D eigenvalue weighted by Crippen LogP contribution is 2.14. The summed E-state index contributed by atoms with van der Waals surface area (Å²) in [6.45, 7) is 6.83. The number of rotatable bonds is 10. The minimum absolute atomic E-state index is 0. The summed E-state index contributed by atoms with van der Waals surface area (Å²) >= 11 is 0. The Morgan fingerprint density at radius 1 is 1.23 bits per heavy atom. The van der Waals surface area contributed by atoms with Gasteiger partial charge in [-0.15, -0.1) is 24.0 Å². The molecule has 3 N–H and O–H groups in total. The number of nitrogens with zero attached hydrogens (tertiary/aromatic N) is 2. The monoisotopic (exact) mass is 554 g/mol. The quantitative estimate of drug-likeness (QED) is 0.198. The molecular formula is C20H35IN4O4S. The van der Waals surface area contributed by atoms with Gasteiger partial charge in [-0.3, -0.25) is 4.99 Å². The van der Waals surface area contributed by atoms with Gasteiger partial charge in [0.25, 0.3) is 0 Å². The minimum atomic E-state index is -3.65. The van der Waals surface area contributed by atoms with Crippen LogP contribution in [0.4, 0.5) is 0 Å². The van der Waals surface area contributed by atoms with Crippen LogP contribution < -0.4 is 10.5 Å². The molecule has 0 saturated carbocycles. The molecule has 10 heteroatoms. The summed E-state index contributed by atoms with van der Waals surface area (Å²) in [5, 5.41) is 8.50. The Balaban J connectivity index is 0.00000450. The Bertz CT molecular complexity index is 736. The fourth-order valence-electron chi connectivity index (χ4n) is 3.25. The highest BCUT2D eigenvalue weighted by atomic mass is 127. The molecule has 0 atom stereocenters. The van der Waals surface area contributed by atoms with Gasteiger partial charge in [0.2, 0.25) is 10.0 Å². The number of nitrogens with one attached hydrogen (secondary N) is 1. The lowest BCUT2D eigenvalue weighted by Gasteiger charge is -2.34. The Morgan fingerprint density at radius 3 is 2.47 bits per heavy atom. The second-order valence-corrected chi connectivity index (χ2v) is 8.64. The third-order valence-electron chi connectivity index (χ3n) is 4.84. The summed E-state index contributed by atoms with van der Waals surface area (Å²) in [5.41, 5.74) is 1.03. The Labute approximate surface area is 197 Å². The molecule has 0 amide bonds. The van der Waals surface area contributed by atoms with Gasteiger partial charge in [0.15, 0.2) is 5.96 Å². The predicted molar refractivity (Wildman–Crippen MR) is 130 cm³/mol. The summed E-state index contributed by atoms with van der Waals surface area (Å²) < 4.78 is 33.6. The molecule has 30 heavy (non-hydrogen) atoms. The summed E-state index contributed by atoms with van der Waals surface area (Å²) in [6.07, 6.45) is 3.96. The van der Waals surface area contributed by atoms with Crippen molar-refractivity contribution in [2.45, 2.75) is 43.6 Å². The Kier molecular flexibility index (Phi) is 12.8. The second kappa shape index (κ2) is 14.2. The first kappa shape index (κ1) is 27.1. The van der Waals surface area contributed by atoms with Crippen molar-refractivity contribution in [3.8, 4) is 0 Å². The average Bonchev–Trinajstić information content (AvgIpc) is 2.71. The van der Waals surface area contributed by atoms with Crippen LogP contribution in [-0.4, -0.2) is 71.9 Å². The second-order valence-electron chi connectivity index (χ2n) is 7.08. The van der Waals surface area contributed by atoms with E-state index >= 15 is 0 Å². The number of hydrogen-bond acceptors (Lipinski definition) is 5. The molecule has 2 rings (SSSR count). The molecule has 1 fully saturated rings. The third-order valence-corrected chi connectivity index (χ3v) is 5.77. The zero-order valence-corrected chi connectivity index (χ0v) is 21.0. The fraction of sp³-hybridized carbons (Fsp3) is 0.650. The minimum Gasteiger partial charge on any atom is -0.385 e. The van der Waals surface area contributed by atoms with Crippen molar-refractivity contribution in [3.63, 3.8) is 0 Å². The predicted octanol–water partition coefficient (Wildman–Crippen LogP) is 1.98. The van der Waals surface area contributed by atoms with Crippen LogP contribution in [0.25, 0.3) is 0 Å². The molecule has 1 aromatic rings. The molecule has 1 heterocycles. The number of sulfonamides is 1. The van der Waals surface area contributed by atoms with Crippen molar-refractivity contribution in [1.82, 2.24) is 10.2 Å². The molecule has 1 aliphatic heterocycles. The van der Waals surface area contributed by atoms with Crippen molar-refractivity contribution in [2.24, 2.45) is 10.1 Å². The number of primary sulfonamides is 1. The number of nitrogens with two attached hydrogens (primary N) is 1. The van der Waals surface area contributed by atoms with Crippen LogP contribution in [0.5, 0.6) is 0 Å². The highest BCUT2D eigenvalue weighted by molar-refractivity contribution is 14.0. The molecular weight excluding hydrogens is 519 g/mol. The van der Waals surface area contributed by atoms with Crippen molar-refractivity contribution in [2.75, 3.05) is 46.5 Å². The fourth-order valence-corrected chi connectivity index (χ4v) is 3.77. The average molecular weight is 554 g/mol. The lowest BCUT2D eigenvalue weighted by molar-refractivity contribution is 0.00991. The number of benzene rings is 1. The summed E-state index contributed by atoms with van der Waals surface area (Å²) in [4.78, 5) is 7.16. The lowest BCUT2D eigenvalue weighted by Crippen LogP contribution is -2.47. The van der Waals surface area contributed by atoms with E-state index in [1.807, 2.05) is 0 Å². The highest BCUT2D eigenvalue weighted by Gasteiger charge is 2.21. The zero-order chi connectivity index (χ0) is 21.1. The molecule has 0 radical (unpaired) electrons. The van der Waals surface area contributed by atoms with Crippen LogP contribution in [0.15, 0.2) is 34.2 Å². The number of guanidine groups is 1. The van der Waals surface area contributed by atoms with Crippen molar-refractivity contribution < 1.29 is 17.9 Å². The molecule has 0 unspecified atom stereocenters.